The van der Waals surface area contributed by atoms with Crippen molar-refractivity contribution in [2.75, 3.05) is 36.4 Å². The molecule has 0 spiro atoms. The first-order chi connectivity index (χ1) is 18.8. The topological polar surface area (TPSA) is 67.9 Å². The van der Waals surface area contributed by atoms with Gasteiger partial charge in [-0.2, -0.15) is 0 Å². The normalized spacial score (nSPS) is 35.6. The fourth-order valence-electron chi connectivity index (χ4n) is 8.69. The Morgan fingerprint density at radius 2 is 1.74 bits per heavy atom. The lowest BCUT2D eigenvalue weighted by atomic mass is 9.45. The number of benzene rings is 1. The molecule has 4 aliphatic rings. The van der Waals surface area contributed by atoms with Gasteiger partial charge in [0.15, 0.2) is 6.61 Å². The Hall–Kier alpha value is -1.66. The van der Waals surface area contributed by atoms with E-state index < -0.39 is 0 Å². The number of fused-ring (bicyclic) bond motifs is 5. The van der Waals surface area contributed by atoms with Gasteiger partial charge in [0.05, 0.1) is 0 Å². The van der Waals surface area contributed by atoms with E-state index in [-0.39, 0.29) is 30.1 Å². The molecule has 0 aromatic heterocycles. The van der Waals surface area contributed by atoms with Crippen LogP contribution < -0.4 is 15.0 Å². The smallest absolute Gasteiger partial charge is 0.344 e. The van der Waals surface area contributed by atoms with Gasteiger partial charge in [0.1, 0.15) is 11.9 Å². The highest BCUT2D eigenvalue weighted by Gasteiger charge is 2.58. The Morgan fingerprint density at radius 1 is 1.00 bits per heavy atom. The number of nitrogens with one attached hydrogen (secondary N) is 1. The fraction of sp³-hybridized carbons (Fsp3) is 0.742. The molecule has 39 heavy (non-hydrogen) atoms. The molecule has 4 fully saturated rings. The number of amides is 1. The molecule has 0 radical (unpaired) electrons. The molecule has 3 aliphatic carbocycles. The van der Waals surface area contributed by atoms with Crippen LogP contribution in [0.5, 0.6) is 5.75 Å². The first-order valence-corrected chi connectivity index (χ1v) is 15.9. The van der Waals surface area contributed by atoms with Crippen molar-refractivity contribution in [2.24, 2.45) is 29.1 Å². The van der Waals surface area contributed by atoms with Crippen molar-refractivity contribution in [1.82, 2.24) is 5.32 Å². The molecule has 0 bridgehead atoms. The highest BCUT2D eigenvalue weighted by molar-refractivity contribution is 6.18. The molecule has 1 aromatic carbocycles. The van der Waals surface area contributed by atoms with E-state index in [1.54, 1.807) is 0 Å². The van der Waals surface area contributed by atoms with Gasteiger partial charge in [-0.3, -0.25) is 4.79 Å². The number of nitrogens with zero attached hydrogens (tertiary/aromatic N) is 1. The number of anilines is 1. The van der Waals surface area contributed by atoms with Crippen LogP contribution in [-0.2, 0) is 14.3 Å². The molecular formula is C31H44Cl2N2O4. The lowest BCUT2D eigenvalue weighted by molar-refractivity contribution is -0.164. The van der Waals surface area contributed by atoms with Gasteiger partial charge in [-0.25, -0.2) is 4.79 Å². The number of halogens is 2. The molecule has 8 heteroatoms. The minimum absolute atomic E-state index is 0.0272. The molecule has 3 saturated carbocycles. The van der Waals surface area contributed by atoms with E-state index >= 15 is 0 Å². The van der Waals surface area contributed by atoms with Crippen LogP contribution in [0.1, 0.15) is 71.6 Å². The molecule has 1 amide bonds. The minimum atomic E-state index is -0.293. The average molecular weight is 580 g/mol. The van der Waals surface area contributed by atoms with Gasteiger partial charge in [-0.05, 0) is 112 Å². The number of hydrogen-bond acceptors (Lipinski definition) is 5. The standard InChI is InChI=1S/C31H44Cl2N2O4/c1-30-13-11-24(39-29(37)20-38-23-6-4-22(5-7-23)35(17-15-32)18-16-33)19-21(30)3-8-25-26(30)12-14-31(2)27(25)9-10-28(36)34-31/h4-7,21,24-27H,3,8-20H2,1-2H3,(H,34,36). The summed E-state index contributed by atoms with van der Waals surface area (Å²) in [6.07, 6.45) is 9.37. The fourth-order valence-corrected chi connectivity index (χ4v) is 9.10. The van der Waals surface area contributed by atoms with Gasteiger partial charge in [0.2, 0.25) is 5.91 Å². The van der Waals surface area contributed by atoms with E-state index in [0.29, 0.717) is 53.0 Å². The van der Waals surface area contributed by atoms with Gasteiger partial charge in [0.25, 0.3) is 0 Å². The molecule has 1 aliphatic heterocycles. The van der Waals surface area contributed by atoms with Crippen LogP contribution in [0, 0.1) is 29.1 Å². The molecule has 216 valence electrons. The van der Waals surface area contributed by atoms with Crippen molar-refractivity contribution < 1.29 is 19.1 Å². The SMILES string of the molecule is CC12CCC3C(CCC4CC(OC(=O)COc5ccc(N(CCCl)CCCl)cc5)CCC43C)C1CCC(=O)N2. The van der Waals surface area contributed by atoms with Crippen LogP contribution >= 0.6 is 23.2 Å². The molecule has 1 N–H and O–H groups in total. The van der Waals surface area contributed by atoms with E-state index in [1.165, 1.54) is 19.3 Å². The van der Waals surface area contributed by atoms with Crippen molar-refractivity contribution >= 4 is 40.8 Å². The second-order valence-electron chi connectivity index (χ2n) is 12.7. The van der Waals surface area contributed by atoms with Crippen molar-refractivity contribution in [3.8, 4) is 5.75 Å². The number of carbonyl (C=O) groups excluding carboxylic acids is 2. The Balaban J connectivity index is 1.12. The van der Waals surface area contributed by atoms with Crippen LogP contribution in [-0.4, -0.2) is 55.0 Å². The van der Waals surface area contributed by atoms with Crippen LogP contribution in [0.4, 0.5) is 5.69 Å². The predicted molar refractivity (Wildman–Crippen MR) is 156 cm³/mol. The Labute approximate surface area is 243 Å². The van der Waals surface area contributed by atoms with Crippen LogP contribution in [0.2, 0.25) is 0 Å². The predicted octanol–water partition coefficient (Wildman–Crippen LogP) is 6.17. The van der Waals surface area contributed by atoms with Crippen LogP contribution in [0.25, 0.3) is 0 Å². The first kappa shape index (κ1) is 28.9. The maximum atomic E-state index is 12.7. The molecule has 6 nitrogen and oxygen atoms in total. The van der Waals surface area contributed by atoms with Crippen LogP contribution in [0.3, 0.4) is 0 Å². The summed E-state index contributed by atoms with van der Waals surface area (Å²) in [4.78, 5) is 27.0. The van der Waals surface area contributed by atoms with Gasteiger partial charge in [0, 0.05) is 42.5 Å². The first-order valence-electron chi connectivity index (χ1n) is 14.9. The Kier molecular flexibility index (Phi) is 8.92. The second-order valence-corrected chi connectivity index (χ2v) is 13.5. The monoisotopic (exact) mass is 578 g/mol. The number of carbonyl (C=O) groups is 2. The summed E-state index contributed by atoms with van der Waals surface area (Å²) in [5.74, 6) is 4.22. The van der Waals surface area contributed by atoms with Gasteiger partial charge >= 0.3 is 5.97 Å². The molecule has 1 aromatic rings. The third kappa shape index (κ3) is 6.02. The molecule has 7 atom stereocenters. The van der Waals surface area contributed by atoms with Gasteiger partial charge in [-0.1, -0.05) is 6.92 Å². The van der Waals surface area contributed by atoms with Crippen molar-refractivity contribution in [2.45, 2.75) is 83.3 Å². The zero-order chi connectivity index (χ0) is 27.6. The van der Waals surface area contributed by atoms with Crippen molar-refractivity contribution in [1.29, 1.82) is 0 Å². The number of ether oxygens (including phenoxy) is 2. The molecule has 1 saturated heterocycles. The minimum Gasteiger partial charge on any atom is -0.482 e. The summed E-state index contributed by atoms with van der Waals surface area (Å²) >= 11 is 11.8. The van der Waals surface area contributed by atoms with Crippen molar-refractivity contribution in [3.05, 3.63) is 24.3 Å². The maximum Gasteiger partial charge on any atom is 0.344 e. The molecular weight excluding hydrogens is 535 g/mol. The number of piperidine rings is 1. The van der Waals surface area contributed by atoms with E-state index in [2.05, 4.69) is 24.1 Å². The summed E-state index contributed by atoms with van der Waals surface area (Å²) in [6.45, 7) is 6.15. The Bertz CT molecular complexity index is 1020. The summed E-state index contributed by atoms with van der Waals surface area (Å²) < 4.78 is 11.7. The van der Waals surface area contributed by atoms with Crippen LogP contribution in [0.15, 0.2) is 24.3 Å². The lowest BCUT2D eigenvalue weighted by Gasteiger charge is -2.62. The van der Waals surface area contributed by atoms with Gasteiger partial charge < -0.3 is 19.7 Å². The summed E-state index contributed by atoms with van der Waals surface area (Å²) in [7, 11) is 0. The summed E-state index contributed by atoms with van der Waals surface area (Å²) in [6, 6.07) is 7.67. The van der Waals surface area contributed by atoms with E-state index in [0.717, 1.165) is 50.9 Å². The number of esters is 1. The Morgan fingerprint density at radius 3 is 2.46 bits per heavy atom. The van der Waals surface area contributed by atoms with Gasteiger partial charge in [-0.15, -0.1) is 23.2 Å². The number of hydrogen-bond donors (Lipinski definition) is 1. The molecule has 1 heterocycles. The quantitative estimate of drug-likeness (QED) is 0.280. The van der Waals surface area contributed by atoms with Crippen molar-refractivity contribution in [3.63, 3.8) is 0 Å². The summed E-state index contributed by atoms with van der Waals surface area (Å²) in [5.41, 5.74) is 1.30. The lowest BCUT2D eigenvalue weighted by Crippen LogP contribution is -2.63. The average Bonchev–Trinajstić information content (AvgIpc) is 2.91. The highest BCUT2D eigenvalue weighted by Crippen LogP contribution is 2.62. The molecule has 5 rings (SSSR count). The highest BCUT2D eigenvalue weighted by atomic mass is 35.5. The largest absolute Gasteiger partial charge is 0.482 e. The molecule has 7 unspecified atom stereocenters. The third-order valence-electron chi connectivity index (χ3n) is 10.7. The van der Waals surface area contributed by atoms with E-state index in [1.807, 2.05) is 24.3 Å². The second kappa shape index (κ2) is 12.1. The number of alkyl halides is 2. The zero-order valence-corrected chi connectivity index (χ0v) is 24.9. The zero-order valence-electron chi connectivity index (χ0n) is 23.4. The maximum absolute atomic E-state index is 12.7. The number of rotatable bonds is 9. The van der Waals surface area contributed by atoms with E-state index in [9.17, 15) is 9.59 Å². The van der Waals surface area contributed by atoms with E-state index in [4.69, 9.17) is 32.7 Å². The third-order valence-corrected chi connectivity index (χ3v) is 11.0. The summed E-state index contributed by atoms with van der Waals surface area (Å²) in [5, 5.41) is 3.36.